The van der Waals surface area contributed by atoms with E-state index in [0.717, 1.165) is 15.6 Å². The normalized spacial score (nSPS) is 12.1. The largest absolute Gasteiger partial charge is 0.296 e. The van der Waals surface area contributed by atoms with Crippen molar-refractivity contribution in [3.63, 3.8) is 0 Å². The zero-order valence-corrected chi connectivity index (χ0v) is 14.4. The SMILES string of the molecule is Cc1c(Br)cccc1-c1nnc(S(N)(=O)=O)n1CC(C)C. The maximum absolute atomic E-state index is 11.7. The number of benzene rings is 1. The van der Waals surface area contributed by atoms with Crippen molar-refractivity contribution in [3.8, 4) is 11.4 Å². The molecule has 0 aliphatic rings. The van der Waals surface area contributed by atoms with Crippen LogP contribution in [-0.2, 0) is 16.6 Å². The average molecular weight is 373 g/mol. The zero-order valence-electron chi connectivity index (χ0n) is 12.0. The summed E-state index contributed by atoms with van der Waals surface area (Å²) in [5, 5.41) is 12.8. The van der Waals surface area contributed by atoms with Crippen molar-refractivity contribution < 1.29 is 8.42 Å². The minimum Gasteiger partial charge on any atom is -0.296 e. The van der Waals surface area contributed by atoms with Gasteiger partial charge in [0.1, 0.15) is 0 Å². The summed E-state index contributed by atoms with van der Waals surface area (Å²) in [6, 6.07) is 5.67. The van der Waals surface area contributed by atoms with Gasteiger partial charge in [0.05, 0.1) is 0 Å². The van der Waals surface area contributed by atoms with E-state index in [1.54, 1.807) is 4.57 Å². The molecule has 0 amide bonds. The first-order valence-corrected chi connectivity index (χ1v) is 8.77. The number of hydrogen-bond acceptors (Lipinski definition) is 4. The number of hydrogen-bond donors (Lipinski definition) is 1. The number of nitrogens with two attached hydrogens (primary N) is 1. The molecule has 2 rings (SSSR count). The molecule has 2 N–H and O–H groups in total. The molecule has 1 aromatic carbocycles. The summed E-state index contributed by atoms with van der Waals surface area (Å²) in [6.07, 6.45) is 0. The Morgan fingerprint density at radius 3 is 2.57 bits per heavy atom. The molecule has 0 aliphatic heterocycles. The smallest absolute Gasteiger partial charge is 0.273 e. The molecule has 0 saturated heterocycles. The molecule has 0 saturated carbocycles. The maximum Gasteiger partial charge on any atom is 0.273 e. The molecule has 0 fully saturated rings. The Morgan fingerprint density at radius 2 is 2.00 bits per heavy atom. The van der Waals surface area contributed by atoms with Crippen LogP contribution in [0, 0.1) is 12.8 Å². The number of rotatable bonds is 4. The van der Waals surface area contributed by atoms with Crippen LogP contribution >= 0.6 is 15.9 Å². The minimum atomic E-state index is -3.91. The zero-order chi connectivity index (χ0) is 15.8. The van der Waals surface area contributed by atoms with Gasteiger partial charge in [-0.2, -0.15) is 0 Å². The van der Waals surface area contributed by atoms with Crippen molar-refractivity contribution in [3.05, 3.63) is 28.2 Å². The van der Waals surface area contributed by atoms with Crippen molar-refractivity contribution in [2.45, 2.75) is 32.5 Å². The van der Waals surface area contributed by atoms with Crippen LogP contribution in [0.5, 0.6) is 0 Å². The van der Waals surface area contributed by atoms with Gasteiger partial charge in [0.2, 0.25) is 0 Å². The Morgan fingerprint density at radius 1 is 1.33 bits per heavy atom. The molecule has 0 aliphatic carbocycles. The third-order valence-electron chi connectivity index (χ3n) is 3.03. The van der Waals surface area contributed by atoms with Crippen LogP contribution < -0.4 is 5.14 Å². The second-order valence-corrected chi connectivity index (χ2v) is 7.58. The van der Waals surface area contributed by atoms with Crippen molar-refractivity contribution in [2.24, 2.45) is 11.1 Å². The predicted molar refractivity (Wildman–Crippen MR) is 84.1 cm³/mol. The van der Waals surface area contributed by atoms with Gasteiger partial charge in [-0.15, -0.1) is 10.2 Å². The molecule has 8 heteroatoms. The van der Waals surface area contributed by atoms with E-state index in [2.05, 4.69) is 26.1 Å². The van der Waals surface area contributed by atoms with E-state index in [0.29, 0.717) is 12.4 Å². The van der Waals surface area contributed by atoms with Crippen molar-refractivity contribution in [2.75, 3.05) is 0 Å². The highest BCUT2D eigenvalue weighted by Crippen LogP contribution is 2.29. The first-order valence-electron chi connectivity index (χ1n) is 6.43. The second-order valence-electron chi connectivity index (χ2n) is 5.27. The van der Waals surface area contributed by atoms with Gasteiger partial charge >= 0.3 is 0 Å². The Balaban J connectivity index is 2.70. The first-order chi connectivity index (χ1) is 9.71. The van der Waals surface area contributed by atoms with E-state index >= 15 is 0 Å². The van der Waals surface area contributed by atoms with E-state index < -0.39 is 10.0 Å². The highest BCUT2D eigenvalue weighted by Gasteiger charge is 2.23. The number of primary sulfonamides is 1. The van der Waals surface area contributed by atoms with Crippen LogP contribution in [0.4, 0.5) is 0 Å². The fourth-order valence-corrected chi connectivity index (χ4v) is 3.07. The molecule has 1 aromatic heterocycles. The van der Waals surface area contributed by atoms with E-state index in [-0.39, 0.29) is 11.1 Å². The number of nitrogens with zero attached hydrogens (tertiary/aromatic N) is 3. The topological polar surface area (TPSA) is 90.9 Å². The van der Waals surface area contributed by atoms with Crippen LogP contribution in [0.15, 0.2) is 27.8 Å². The van der Waals surface area contributed by atoms with Crippen LogP contribution in [0.2, 0.25) is 0 Å². The molecular formula is C13H17BrN4O2S. The molecule has 0 bridgehead atoms. The third-order valence-corrected chi connectivity index (χ3v) is 4.70. The lowest BCUT2D eigenvalue weighted by molar-refractivity contribution is 0.486. The van der Waals surface area contributed by atoms with Crippen LogP contribution in [-0.4, -0.2) is 23.2 Å². The van der Waals surface area contributed by atoms with Crippen LogP contribution in [0.25, 0.3) is 11.4 Å². The molecule has 0 atom stereocenters. The van der Waals surface area contributed by atoms with Gasteiger partial charge in [0.25, 0.3) is 15.2 Å². The van der Waals surface area contributed by atoms with Crippen molar-refractivity contribution in [1.29, 1.82) is 0 Å². The number of sulfonamides is 1. The first kappa shape index (κ1) is 16.1. The molecule has 1 heterocycles. The molecule has 0 radical (unpaired) electrons. The predicted octanol–water partition coefficient (Wildman–Crippen LogP) is 2.32. The molecule has 0 spiro atoms. The van der Waals surface area contributed by atoms with E-state index in [1.165, 1.54) is 0 Å². The van der Waals surface area contributed by atoms with Gasteiger partial charge < -0.3 is 0 Å². The summed E-state index contributed by atoms with van der Waals surface area (Å²) in [5.74, 6) is 0.735. The molecule has 2 aromatic rings. The Hall–Kier alpha value is -1.25. The van der Waals surface area contributed by atoms with Gasteiger partial charge in [-0.25, -0.2) is 13.6 Å². The van der Waals surface area contributed by atoms with Gasteiger partial charge in [-0.05, 0) is 24.5 Å². The highest BCUT2D eigenvalue weighted by molar-refractivity contribution is 9.10. The summed E-state index contributed by atoms with van der Waals surface area (Å²) < 4.78 is 25.8. The third kappa shape index (κ3) is 3.33. The van der Waals surface area contributed by atoms with E-state index in [4.69, 9.17) is 5.14 Å². The highest BCUT2D eigenvalue weighted by atomic mass is 79.9. The van der Waals surface area contributed by atoms with E-state index in [1.807, 2.05) is 39.0 Å². The Labute approximate surface area is 132 Å². The molecule has 0 unspecified atom stereocenters. The van der Waals surface area contributed by atoms with Gasteiger partial charge in [0.15, 0.2) is 5.82 Å². The van der Waals surface area contributed by atoms with Crippen molar-refractivity contribution >= 4 is 26.0 Å². The van der Waals surface area contributed by atoms with Gasteiger partial charge in [0, 0.05) is 16.6 Å². The number of halogens is 1. The fraction of sp³-hybridized carbons (Fsp3) is 0.385. The quantitative estimate of drug-likeness (QED) is 0.891. The van der Waals surface area contributed by atoms with Crippen molar-refractivity contribution in [1.82, 2.24) is 14.8 Å². The summed E-state index contributed by atoms with van der Waals surface area (Å²) in [6.45, 7) is 6.39. The Bertz CT molecular complexity index is 768. The lowest BCUT2D eigenvalue weighted by atomic mass is 10.1. The van der Waals surface area contributed by atoms with E-state index in [9.17, 15) is 8.42 Å². The minimum absolute atomic E-state index is 0.203. The van der Waals surface area contributed by atoms with Crippen LogP contribution in [0.3, 0.4) is 0 Å². The molecule has 21 heavy (non-hydrogen) atoms. The van der Waals surface area contributed by atoms with Crippen LogP contribution in [0.1, 0.15) is 19.4 Å². The summed E-state index contributed by atoms with van der Waals surface area (Å²) >= 11 is 3.46. The average Bonchev–Trinajstić information content (AvgIpc) is 2.75. The summed E-state index contributed by atoms with van der Waals surface area (Å²) in [7, 11) is -3.91. The molecule has 114 valence electrons. The standard InChI is InChI=1S/C13H17BrN4O2S/c1-8(2)7-18-12(16-17-13(18)21(15,19)20)10-5-4-6-11(14)9(10)3/h4-6,8H,7H2,1-3H3,(H2,15,19,20). The fourth-order valence-electron chi connectivity index (χ4n) is 2.08. The molecule has 6 nitrogen and oxygen atoms in total. The number of aromatic nitrogens is 3. The molecular weight excluding hydrogens is 356 g/mol. The lowest BCUT2D eigenvalue weighted by Crippen LogP contribution is -2.20. The summed E-state index contributed by atoms with van der Waals surface area (Å²) in [4.78, 5) is 0. The van der Waals surface area contributed by atoms with Gasteiger partial charge in [-0.1, -0.05) is 41.9 Å². The monoisotopic (exact) mass is 372 g/mol. The summed E-state index contributed by atoms with van der Waals surface area (Å²) in [5.41, 5.74) is 1.79. The Kier molecular flexibility index (Phi) is 4.50. The lowest BCUT2D eigenvalue weighted by Gasteiger charge is -2.13. The second kappa shape index (κ2) is 5.86. The maximum atomic E-state index is 11.7. The van der Waals surface area contributed by atoms with Gasteiger partial charge in [-0.3, -0.25) is 4.57 Å².